The van der Waals surface area contributed by atoms with Crippen molar-refractivity contribution in [3.8, 4) is 0 Å². The summed E-state index contributed by atoms with van der Waals surface area (Å²) in [5, 5.41) is 8.92. The smallest absolute Gasteiger partial charge is 0.323 e. The monoisotopic (exact) mass is 282 g/mol. The first kappa shape index (κ1) is 15.1. The van der Waals surface area contributed by atoms with Crippen LogP contribution in [-0.4, -0.2) is 53.1 Å². The number of urea groups is 1. The summed E-state index contributed by atoms with van der Waals surface area (Å²) >= 11 is 0. The van der Waals surface area contributed by atoms with Crippen LogP contribution in [0.5, 0.6) is 0 Å². The van der Waals surface area contributed by atoms with Crippen LogP contribution in [0.1, 0.15) is 39.5 Å². The molecule has 2 rings (SSSR count). The van der Waals surface area contributed by atoms with E-state index in [1.807, 2.05) is 13.8 Å². The van der Waals surface area contributed by atoms with Crippen LogP contribution < -0.4 is 0 Å². The van der Waals surface area contributed by atoms with E-state index in [0.29, 0.717) is 5.92 Å². The van der Waals surface area contributed by atoms with E-state index < -0.39 is 5.97 Å². The summed E-state index contributed by atoms with van der Waals surface area (Å²) in [4.78, 5) is 26.4. The number of aliphatic carboxylic acids is 1. The number of rotatable bonds is 5. The van der Waals surface area contributed by atoms with Gasteiger partial charge in [-0.15, -0.1) is 0 Å². The van der Waals surface area contributed by atoms with Gasteiger partial charge in [-0.25, -0.2) is 4.79 Å². The highest BCUT2D eigenvalue weighted by Crippen LogP contribution is 2.48. The van der Waals surface area contributed by atoms with Crippen LogP contribution in [0.15, 0.2) is 0 Å². The Morgan fingerprint density at radius 3 is 2.40 bits per heavy atom. The van der Waals surface area contributed by atoms with Gasteiger partial charge in [0.25, 0.3) is 0 Å². The third kappa shape index (κ3) is 3.25. The summed E-state index contributed by atoms with van der Waals surface area (Å²) in [6.45, 7) is 4.25. The molecule has 1 N–H and O–H groups in total. The predicted molar refractivity (Wildman–Crippen MR) is 76.4 cm³/mol. The summed E-state index contributed by atoms with van der Waals surface area (Å²) in [5.41, 5.74) is 0. The van der Waals surface area contributed by atoms with Crippen molar-refractivity contribution in [2.75, 3.05) is 20.1 Å². The number of carboxylic acids is 1. The maximum Gasteiger partial charge on any atom is 0.323 e. The van der Waals surface area contributed by atoms with Gasteiger partial charge in [-0.05, 0) is 50.9 Å². The number of hydrogen-bond acceptors (Lipinski definition) is 2. The largest absolute Gasteiger partial charge is 0.480 e. The Morgan fingerprint density at radius 1 is 1.25 bits per heavy atom. The highest BCUT2D eigenvalue weighted by molar-refractivity contribution is 5.80. The summed E-state index contributed by atoms with van der Waals surface area (Å²) in [6.07, 6.45) is 5.23. The first-order chi connectivity index (χ1) is 9.38. The SMILES string of the molecule is CC(C)N(CC(=O)O)C(=O)N(C)CC1CC2CCC1C2. The van der Waals surface area contributed by atoms with Gasteiger partial charge in [0.2, 0.25) is 0 Å². The summed E-state index contributed by atoms with van der Waals surface area (Å²) in [6, 6.07) is -0.258. The van der Waals surface area contributed by atoms with Crippen LogP contribution >= 0.6 is 0 Å². The van der Waals surface area contributed by atoms with Gasteiger partial charge in [0.15, 0.2) is 0 Å². The van der Waals surface area contributed by atoms with Crippen molar-refractivity contribution < 1.29 is 14.7 Å². The number of amides is 2. The molecule has 0 radical (unpaired) electrons. The first-order valence-corrected chi connectivity index (χ1v) is 7.62. The Hall–Kier alpha value is -1.26. The Morgan fingerprint density at radius 2 is 1.95 bits per heavy atom. The average molecular weight is 282 g/mol. The number of carboxylic acid groups (broad SMARTS) is 1. The number of hydrogen-bond donors (Lipinski definition) is 1. The maximum absolute atomic E-state index is 12.4. The van der Waals surface area contributed by atoms with Crippen LogP contribution in [0.3, 0.4) is 0 Å². The fourth-order valence-corrected chi connectivity index (χ4v) is 3.87. The summed E-state index contributed by atoms with van der Waals surface area (Å²) in [5.74, 6) is 1.30. The molecule has 2 aliphatic carbocycles. The molecule has 20 heavy (non-hydrogen) atoms. The molecule has 2 amide bonds. The van der Waals surface area contributed by atoms with Crippen molar-refractivity contribution in [3.05, 3.63) is 0 Å². The highest BCUT2D eigenvalue weighted by atomic mass is 16.4. The number of carbonyl (C=O) groups excluding carboxylic acids is 1. The quantitative estimate of drug-likeness (QED) is 0.841. The minimum atomic E-state index is -0.958. The van der Waals surface area contributed by atoms with E-state index in [1.54, 1.807) is 11.9 Å². The zero-order valence-electron chi connectivity index (χ0n) is 12.7. The average Bonchev–Trinajstić information content (AvgIpc) is 2.96. The van der Waals surface area contributed by atoms with Crippen LogP contribution in [0, 0.1) is 17.8 Å². The number of fused-ring (bicyclic) bond motifs is 2. The second kappa shape index (κ2) is 6.02. The summed E-state index contributed by atoms with van der Waals surface area (Å²) in [7, 11) is 1.80. The second-order valence-corrected chi connectivity index (χ2v) is 6.71. The van der Waals surface area contributed by atoms with Crippen LogP contribution in [-0.2, 0) is 4.79 Å². The van der Waals surface area contributed by atoms with Gasteiger partial charge in [0.05, 0.1) is 0 Å². The lowest BCUT2D eigenvalue weighted by Gasteiger charge is -2.33. The zero-order chi connectivity index (χ0) is 14.9. The molecule has 0 saturated heterocycles. The lowest BCUT2D eigenvalue weighted by molar-refractivity contribution is -0.138. The zero-order valence-corrected chi connectivity index (χ0v) is 12.7. The molecule has 3 unspecified atom stereocenters. The molecule has 2 fully saturated rings. The van der Waals surface area contributed by atoms with Gasteiger partial charge >= 0.3 is 12.0 Å². The topological polar surface area (TPSA) is 60.9 Å². The van der Waals surface area contributed by atoms with Crippen molar-refractivity contribution in [2.24, 2.45) is 17.8 Å². The molecule has 2 bridgehead atoms. The Kier molecular flexibility index (Phi) is 4.55. The summed E-state index contributed by atoms with van der Waals surface area (Å²) < 4.78 is 0. The van der Waals surface area contributed by atoms with E-state index in [0.717, 1.165) is 18.4 Å². The standard InChI is InChI=1S/C15H26N2O3/c1-10(2)17(9-14(18)19)15(20)16(3)8-13-7-11-4-5-12(13)6-11/h10-13H,4-9H2,1-3H3,(H,18,19). The van der Waals surface area contributed by atoms with Gasteiger partial charge in [0.1, 0.15) is 6.54 Å². The third-order valence-corrected chi connectivity index (χ3v) is 4.89. The molecule has 0 aliphatic heterocycles. The molecule has 0 aromatic rings. The molecule has 0 aromatic heterocycles. The number of nitrogens with zero attached hydrogens (tertiary/aromatic N) is 2. The van der Waals surface area contributed by atoms with E-state index in [9.17, 15) is 9.59 Å². The lowest BCUT2D eigenvalue weighted by atomic mass is 9.88. The van der Waals surface area contributed by atoms with Gasteiger partial charge in [-0.3, -0.25) is 4.79 Å². The Labute approximate surface area is 120 Å². The maximum atomic E-state index is 12.4. The van der Waals surface area contributed by atoms with Crippen molar-refractivity contribution in [3.63, 3.8) is 0 Å². The van der Waals surface area contributed by atoms with Gasteiger partial charge in [-0.1, -0.05) is 6.42 Å². The van der Waals surface area contributed by atoms with Gasteiger partial charge < -0.3 is 14.9 Å². The van der Waals surface area contributed by atoms with Crippen molar-refractivity contribution >= 4 is 12.0 Å². The van der Waals surface area contributed by atoms with E-state index in [2.05, 4.69) is 0 Å². The normalized spacial score (nSPS) is 27.9. The van der Waals surface area contributed by atoms with Crippen molar-refractivity contribution in [2.45, 2.75) is 45.6 Å². The third-order valence-electron chi connectivity index (χ3n) is 4.89. The fraction of sp³-hybridized carbons (Fsp3) is 0.867. The van der Waals surface area contributed by atoms with Crippen LogP contribution in [0.2, 0.25) is 0 Å². The molecule has 0 heterocycles. The molecule has 2 saturated carbocycles. The lowest BCUT2D eigenvalue weighted by Crippen LogP contribution is -2.48. The van der Waals surface area contributed by atoms with E-state index in [4.69, 9.17) is 5.11 Å². The molecule has 0 aromatic carbocycles. The molecule has 3 atom stereocenters. The second-order valence-electron chi connectivity index (χ2n) is 6.71. The fourth-order valence-electron chi connectivity index (χ4n) is 3.87. The first-order valence-electron chi connectivity index (χ1n) is 7.62. The van der Waals surface area contributed by atoms with Crippen molar-refractivity contribution in [1.82, 2.24) is 9.80 Å². The van der Waals surface area contributed by atoms with Crippen LogP contribution in [0.4, 0.5) is 4.79 Å². The molecule has 5 nitrogen and oxygen atoms in total. The van der Waals surface area contributed by atoms with E-state index >= 15 is 0 Å². The van der Waals surface area contributed by atoms with Crippen molar-refractivity contribution in [1.29, 1.82) is 0 Å². The van der Waals surface area contributed by atoms with Gasteiger partial charge in [-0.2, -0.15) is 0 Å². The molecular formula is C15H26N2O3. The highest BCUT2D eigenvalue weighted by Gasteiger charge is 2.40. The van der Waals surface area contributed by atoms with E-state index in [-0.39, 0.29) is 18.6 Å². The molecular weight excluding hydrogens is 256 g/mol. The minimum Gasteiger partial charge on any atom is -0.480 e. The van der Waals surface area contributed by atoms with Crippen LogP contribution in [0.25, 0.3) is 0 Å². The minimum absolute atomic E-state index is 0.0962. The molecule has 5 heteroatoms. The van der Waals surface area contributed by atoms with E-state index in [1.165, 1.54) is 30.6 Å². The van der Waals surface area contributed by atoms with Gasteiger partial charge in [0, 0.05) is 19.6 Å². The number of carbonyl (C=O) groups is 2. The molecule has 0 spiro atoms. The molecule has 114 valence electrons. The predicted octanol–water partition coefficient (Wildman–Crippen LogP) is 2.27. The molecule has 2 aliphatic rings. The Bertz CT molecular complexity index is 383. The Balaban J connectivity index is 1.91.